The van der Waals surface area contributed by atoms with Crippen molar-refractivity contribution in [2.75, 3.05) is 4.90 Å². The molecule has 0 spiro atoms. The molecule has 3 heterocycles. The quantitative estimate of drug-likeness (QED) is 0.526. The average Bonchev–Trinajstić information content (AvgIpc) is 3.29. The van der Waals surface area contributed by atoms with Crippen molar-refractivity contribution in [3.8, 4) is 0 Å². The molecule has 27 heavy (non-hydrogen) atoms. The molecule has 1 aliphatic heterocycles. The molecule has 0 saturated heterocycles. The normalized spacial score (nSPS) is 16.1. The molecule has 0 radical (unpaired) electrons. The van der Waals surface area contributed by atoms with E-state index < -0.39 is 17.8 Å². The molecule has 0 saturated carbocycles. The van der Waals surface area contributed by atoms with E-state index in [2.05, 4.69) is 4.98 Å². The van der Waals surface area contributed by atoms with Gasteiger partial charge in [0.1, 0.15) is 11.4 Å². The summed E-state index contributed by atoms with van der Waals surface area (Å²) in [5.41, 5.74) is 0.737. The van der Waals surface area contributed by atoms with E-state index in [9.17, 15) is 14.0 Å². The maximum absolute atomic E-state index is 13.9. The predicted molar refractivity (Wildman–Crippen MR) is 99.7 cm³/mol. The summed E-state index contributed by atoms with van der Waals surface area (Å²) in [5.74, 6) is -0.933. The second-order valence-electron chi connectivity index (χ2n) is 6.12. The fourth-order valence-corrected chi connectivity index (χ4v) is 4.11. The molecule has 0 N–H and O–H groups in total. The van der Waals surface area contributed by atoms with Crippen LogP contribution in [0.4, 0.5) is 9.52 Å². The van der Waals surface area contributed by atoms with Gasteiger partial charge in [-0.15, -0.1) is 11.3 Å². The number of amides is 1. The highest BCUT2D eigenvalue weighted by atomic mass is 32.1. The Bertz CT molecular complexity index is 1250. The second-order valence-corrected chi connectivity index (χ2v) is 6.99. The Morgan fingerprint density at radius 3 is 2.74 bits per heavy atom. The van der Waals surface area contributed by atoms with E-state index in [0.29, 0.717) is 21.7 Å². The van der Waals surface area contributed by atoms with E-state index in [1.165, 1.54) is 28.4 Å². The summed E-state index contributed by atoms with van der Waals surface area (Å²) >= 11 is 1.26. The van der Waals surface area contributed by atoms with Crippen LogP contribution in [0.3, 0.4) is 0 Å². The van der Waals surface area contributed by atoms with E-state index in [-0.39, 0.29) is 16.8 Å². The van der Waals surface area contributed by atoms with Crippen LogP contribution in [-0.2, 0) is 0 Å². The number of para-hydroxylation sites is 1. The van der Waals surface area contributed by atoms with Crippen molar-refractivity contribution in [3.63, 3.8) is 0 Å². The molecule has 0 unspecified atom stereocenters. The zero-order valence-electron chi connectivity index (χ0n) is 13.8. The van der Waals surface area contributed by atoms with Gasteiger partial charge in [-0.05, 0) is 29.8 Å². The lowest BCUT2D eigenvalue weighted by molar-refractivity contribution is 0.0971. The number of anilines is 1. The zero-order chi connectivity index (χ0) is 18.5. The molecule has 132 valence electrons. The number of hydrogen-bond acceptors (Lipinski definition) is 5. The first-order valence-electron chi connectivity index (χ1n) is 8.19. The van der Waals surface area contributed by atoms with Crippen molar-refractivity contribution < 1.29 is 13.6 Å². The third-order valence-electron chi connectivity index (χ3n) is 4.57. The molecule has 0 bridgehead atoms. The third kappa shape index (κ3) is 2.32. The van der Waals surface area contributed by atoms with Gasteiger partial charge in [0, 0.05) is 11.6 Å². The number of fused-ring (bicyclic) bond motifs is 2. The minimum Gasteiger partial charge on any atom is -0.450 e. The smallest absolute Gasteiger partial charge is 0.297 e. The molecule has 7 heteroatoms. The Morgan fingerprint density at radius 1 is 1.11 bits per heavy atom. The van der Waals surface area contributed by atoms with E-state index in [4.69, 9.17) is 4.42 Å². The van der Waals surface area contributed by atoms with Crippen molar-refractivity contribution in [1.82, 2.24) is 4.98 Å². The van der Waals surface area contributed by atoms with Gasteiger partial charge in [0.05, 0.1) is 17.0 Å². The van der Waals surface area contributed by atoms with Gasteiger partial charge in [-0.3, -0.25) is 14.5 Å². The molecular weight excluding hydrogens is 367 g/mol. The molecule has 4 aromatic rings. The first-order chi connectivity index (χ1) is 13.1. The molecule has 1 atom stereocenters. The summed E-state index contributed by atoms with van der Waals surface area (Å²) in [6.07, 6.45) is 1.57. The van der Waals surface area contributed by atoms with Gasteiger partial charge in [0.25, 0.3) is 5.91 Å². The van der Waals surface area contributed by atoms with Gasteiger partial charge in [-0.25, -0.2) is 9.37 Å². The maximum atomic E-state index is 13.9. The van der Waals surface area contributed by atoms with Crippen LogP contribution in [0.25, 0.3) is 11.0 Å². The Balaban J connectivity index is 1.85. The Morgan fingerprint density at radius 2 is 1.96 bits per heavy atom. The highest BCUT2D eigenvalue weighted by Gasteiger charge is 2.44. The fraction of sp³-hybridized carbons (Fsp3) is 0.0500. The number of hydrogen-bond donors (Lipinski definition) is 0. The SMILES string of the molecule is O=C1c2oc3ccccc3c(=O)c2[C@H](c2cccc(F)c2)N1c1nccs1. The van der Waals surface area contributed by atoms with Gasteiger partial charge in [0.15, 0.2) is 10.6 Å². The van der Waals surface area contributed by atoms with Crippen LogP contribution in [0.15, 0.2) is 69.3 Å². The molecule has 0 aliphatic carbocycles. The summed E-state index contributed by atoms with van der Waals surface area (Å²) < 4.78 is 19.7. The van der Waals surface area contributed by atoms with Crippen molar-refractivity contribution >= 4 is 33.3 Å². The maximum Gasteiger partial charge on any atom is 0.297 e. The second kappa shape index (κ2) is 5.85. The standard InChI is InChI=1S/C20H11FN2O3S/c21-12-5-3-4-11(10-12)16-15-17(24)13-6-1-2-7-14(13)26-18(15)19(25)23(16)20-22-8-9-27-20/h1-10,16H/t16-/m0/s1. The summed E-state index contributed by atoms with van der Waals surface area (Å²) in [6, 6.07) is 11.9. The van der Waals surface area contributed by atoms with Crippen LogP contribution < -0.4 is 10.3 Å². The first kappa shape index (κ1) is 15.9. The summed E-state index contributed by atoms with van der Waals surface area (Å²) in [6.45, 7) is 0. The van der Waals surface area contributed by atoms with Crippen LogP contribution in [0.1, 0.15) is 27.7 Å². The molecule has 5 rings (SSSR count). The number of thiazole rings is 1. The van der Waals surface area contributed by atoms with Crippen LogP contribution in [0.2, 0.25) is 0 Å². The highest BCUT2D eigenvalue weighted by molar-refractivity contribution is 7.13. The number of nitrogens with zero attached hydrogens (tertiary/aromatic N) is 2. The molecule has 1 amide bonds. The van der Waals surface area contributed by atoms with Crippen molar-refractivity contribution in [3.05, 3.63) is 93.0 Å². The average molecular weight is 378 g/mol. The number of aromatic nitrogens is 1. The topological polar surface area (TPSA) is 63.4 Å². The summed E-state index contributed by atoms with van der Waals surface area (Å²) in [7, 11) is 0. The number of carbonyl (C=O) groups excluding carboxylic acids is 1. The minimum absolute atomic E-state index is 0.0249. The lowest BCUT2D eigenvalue weighted by Crippen LogP contribution is -2.29. The van der Waals surface area contributed by atoms with E-state index >= 15 is 0 Å². The van der Waals surface area contributed by atoms with E-state index in [1.54, 1.807) is 48.0 Å². The van der Waals surface area contributed by atoms with Gasteiger partial charge in [-0.1, -0.05) is 24.3 Å². The molecular formula is C20H11FN2O3S. The minimum atomic E-state index is -0.796. The number of carbonyl (C=O) groups is 1. The molecule has 2 aromatic heterocycles. The Labute approximate surface area is 156 Å². The third-order valence-corrected chi connectivity index (χ3v) is 5.34. The lowest BCUT2D eigenvalue weighted by Gasteiger charge is -2.22. The van der Waals surface area contributed by atoms with Gasteiger partial charge < -0.3 is 4.42 Å². The number of rotatable bonds is 2. The molecule has 0 fully saturated rings. The monoisotopic (exact) mass is 378 g/mol. The molecule has 2 aromatic carbocycles. The molecule has 1 aliphatic rings. The van der Waals surface area contributed by atoms with Gasteiger partial charge in [0.2, 0.25) is 5.76 Å². The van der Waals surface area contributed by atoms with Crippen LogP contribution >= 0.6 is 11.3 Å². The Hall–Kier alpha value is -3.32. The van der Waals surface area contributed by atoms with Crippen LogP contribution in [0, 0.1) is 5.82 Å². The zero-order valence-corrected chi connectivity index (χ0v) is 14.6. The van der Waals surface area contributed by atoms with Crippen molar-refractivity contribution in [1.29, 1.82) is 0 Å². The largest absolute Gasteiger partial charge is 0.450 e. The lowest BCUT2D eigenvalue weighted by atomic mass is 9.98. The van der Waals surface area contributed by atoms with E-state index in [0.717, 1.165) is 0 Å². The van der Waals surface area contributed by atoms with Gasteiger partial charge >= 0.3 is 0 Å². The fourth-order valence-electron chi connectivity index (χ4n) is 3.44. The summed E-state index contributed by atoms with van der Waals surface area (Å²) in [5, 5.41) is 2.54. The molecule has 5 nitrogen and oxygen atoms in total. The van der Waals surface area contributed by atoms with Crippen molar-refractivity contribution in [2.24, 2.45) is 0 Å². The predicted octanol–water partition coefficient (Wildman–Crippen LogP) is 4.14. The van der Waals surface area contributed by atoms with E-state index in [1.807, 2.05) is 0 Å². The van der Waals surface area contributed by atoms with Gasteiger partial charge in [-0.2, -0.15) is 0 Å². The van der Waals surface area contributed by atoms with Crippen LogP contribution in [0.5, 0.6) is 0 Å². The summed E-state index contributed by atoms with van der Waals surface area (Å²) in [4.78, 5) is 31.9. The highest BCUT2D eigenvalue weighted by Crippen LogP contribution is 2.41. The number of benzene rings is 2. The first-order valence-corrected chi connectivity index (χ1v) is 9.07. The van der Waals surface area contributed by atoms with Crippen molar-refractivity contribution in [2.45, 2.75) is 6.04 Å². The van der Waals surface area contributed by atoms with Crippen LogP contribution in [-0.4, -0.2) is 10.9 Å². The Kier molecular flexibility index (Phi) is 3.45. The number of halogens is 1.